The van der Waals surface area contributed by atoms with Crippen LogP contribution in [0.15, 0.2) is 90.0 Å². The number of hydrogen-bond donors (Lipinski definition) is 1. The highest BCUT2D eigenvalue weighted by Crippen LogP contribution is 2.36. The van der Waals surface area contributed by atoms with E-state index in [0.29, 0.717) is 11.3 Å². The number of anilines is 1. The second-order valence-corrected chi connectivity index (χ2v) is 8.15. The van der Waals surface area contributed by atoms with Crippen LogP contribution in [0.5, 0.6) is 5.75 Å². The average molecular weight is 480 g/mol. The number of non-ortho nitro benzene ring substituents is 1. The van der Waals surface area contributed by atoms with E-state index in [0.717, 1.165) is 27.6 Å². The minimum atomic E-state index is -0.446. The first-order chi connectivity index (χ1) is 17.5. The Balaban J connectivity index is 1.14. The molecular formula is C27H20N4O5. The molecule has 1 aliphatic heterocycles. The maximum atomic E-state index is 12.8. The summed E-state index contributed by atoms with van der Waals surface area (Å²) in [5, 5.41) is 16.5. The van der Waals surface area contributed by atoms with Gasteiger partial charge in [0, 0.05) is 23.1 Å². The van der Waals surface area contributed by atoms with Crippen molar-refractivity contribution in [3.05, 3.63) is 112 Å². The van der Waals surface area contributed by atoms with Crippen LogP contribution in [0.25, 0.3) is 10.8 Å². The molecule has 0 radical (unpaired) electrons. The first kappa shape index (κ1) is 22.7. The van der Waals surface area contributed by atoms with Gasteiger partial charge in [0.05, 0.1) is 16.8 Å². The molecule has 36 heavy (non-hydrogen) atoms. The van der Waals surface area contributed by atoms with Crippen LogP contribution >= 0.6 is 0 Å². The molecule has 4 aromatic carbocycles. The summed E-state index contributed by atoms with van der Waals surface area (Å²) in [6.45, 7) is 0.133. The van der Waals surface area contributed by atoms with Crippen LogP contribution < -0.4 is 15.1 Å². The fraction of sp³-hybridized carbons (Fsp3) is 0.0741. The van der Waals surface area contributed by atoms with Gasteiger partial charge in [-0.3, -0.25) is 24.6 Å². The highest BCUT2D eigenvalue weighted by Gasteiger charge is 2.30. The third-order valence-electron chi connectivity index (χ3n) is 5.79. The molecule has 0 saturated carbocycles. The number of nitrogens with zero attached hydrogens (tertiary/aromatic N) is 3. The fourth-order valence-electron chi connectivity index (χ4n) is 4.02. The zero-order chi connectivity index (χ0) is 25.1. The number of nitro groups is 1. The molecule has 5 rings (SSSR count). The van der Waals surface area contributed by atoms with Crippen molar-refractivity contribution in [1.29, 1.82) is 0 Å². The number of benzene rings is 4. The summed E-state index contributed by atoms with van der Waals surface area (Å²) in [6, 6.07) is 24.4. The third kappa shape index (κ3) is 4.62. The normalized spacial score (nSPS) is 12.3. The van der Waals surface area contributed by atoms with Crippen molar-refractivity contribution in [2.75, 3.05) is 11.4 Å². The van der Waals surface area contributed by atoms with Crippen molar-refractivity contribution in [3.63, 3.8) is 0 Å². The highest BCUT2D eigenvalue weighted by molar-refractivity contribution is 6.26. The van der Waals surface area contributed by atoms with Crippen molar-refractivity contribution in [1.82, 2.24) is 5.43 Å². The zero-order valence-corrected chi connectivity index (χ0v) is 19.0. The van der Waals surface area contributed by atoms with E-state index in [1.807, 2.05) is 30.3 Å². The van der Waals surface area contributed by atoms with Crippen LogP contribution in [0.2, 0.25) is 0 Å². The summed E-state index contributed by atoms with van der Waals surface area (Å²) in [7, 11) is 0. The van der Waals surface area contributed by atoms with Crippen LogP contribution in [0, 0.1) is 10.1 Å². The SMILES string of the molecule is O=C(CN1C(=O)c2cccc3cccc1c23)N/N=C\c1ccc(OCc2ccc([N+](=O)[O-])cc2)cc1. The molecule has 9 heteroatoms. The molecule has 2 amide bonds. The monoisotopic (exact) mass is 480 g/mol. The maximum absolute atomic E-state index is 12.8. The molecule has 4 aromatic rings. The summed E-state index contributed by atoms with van der Waals surface area (Å²) in [4.78, 5) is 37.0. The minimum absolute atomic E-state index is 0.0315. The van der Waals surface area contributed by atoms with E-state index >= 15 is 0 Å². The molecule has 0 atom stereocenters. The van der Waals surface area contributed by atoms with E-state index in [2.05, 4.69) is 10.5 Å². The Labute approximate surface area is 205 Å². The molecular weight excluding hydrogens is 460 g/mol. The van der Waals surface area contributed by atoms with Gasteiger partial charge in [-0.1, -0.05) is 24.3 Å². The van der Waals surface area contributed by atoms with Crippen LogP contribution in [-0.4, -0.2) is 29.5 Å². The Morgan fingerprint density at radius 1 is 1.00 bits per heavy atom. The van der Waals surface area contributed by atoms with Crippen molar-refractivity contribution in [2.24, 2.45) is 5.10 Å². The number of ether oxygens (including phenoxy) is 1. The molecule has 0 spiro atoms. The van der Waals surface area contributed by atoms with Gasteiger partial charge in [0.25, 0.3) is 17.5 Å². The summed E-state index contributed by atoms with van der Waals surface area (Å²) in [5.41, 5.74) is 5.36. The number of nitrogens with one attached hydrogen (secondary N) is 1. The van der Waals surface area contributed by atoms with E-state index in [1.165, 1.54) is 23.2 Å². The van der Waals surface area contributed by atoms with Gasteiger partial charge < -0.3 is 4.74 Å². The zero-order valence-electron chi connectivity index (χ0n) is 19.0. The molecule has 1 N–H and O–H groups in total. The van der Waals surface area contributed by atoms with Crippen molar-refractivity contribution >= 4 is 40.2 Å². The summed E-state index contributed by atoms with van der Waals surface area (Å²) in [5.74, 6) is 0.00790. The minimum Gasteiger partial charge on any atom is -0.489 e. The van der Waals surface area contributed by atoms with Crippen LogP contribution in [0.4, 0.5) is 11.4 Å². The lowest BCUT2D eigenvalue weighted by Crippen LogP contribution is -2.37. The lowest BCUT2D eigenvalue weighted by atomic mass is 10.1. The van der Waals surface area contributed by atoms with Gasteiger partial charge in [0.15, 0.2) is 0 Å². The molecule has 0 saturated heterocycles. The molecule has 1 aliphatic rings. The Hall–Kier alpha value is -5.05. The number of amides is 2. The van der Waals surface area contributed by atoms with Crippen LogP contribution in [0.3, 0.4) is 0 Å². The molecule has 9 nitrogen and oxygen atoms in total. The van der Waals surface area contributed by atoms with E-state index in [-0.39, 0.29) is 24.7 Å². The van der Waals surface area contributed by atoms with Gasteiger partial charge in [-0.05, 0) is 65.0 Å². The number of hydrazone groups is 1. The Kier molecular flexibility index (Phi) is 6.10. The highest BCUT2D eigenvalue weighted by atomic mass is 16.6. The molecule has 1 heterocycles. The number of carbonyl (C=O) groups is 2. The number of carbonyl (C=O) groups excluding carboxylic acids is 2. The Morgan fingerprint density at radius 2 is 1.72 bits per heavy atom. The van der Waals surface area contributed by atoms with E-state index in [4.69, 9.17) is 4.74 Å². The lowest BCUT2D eigenvalue weighted by molar-refractivity contribution is -0.384. The number of nitro benzene ring substituents is 1. The molecule has 0 bridgehead atoms. The van der Waals surface area contributed by atoms with Gasteiger partial charge in [-0.25, -0.2) is 5.43 Å². The molecule has 0 unspecified atom stereocenters. The van der Waals surface area contributed by atoms with Crippen molar-refractivity contribution < 1.29 is 19.2 Å². The maximum Gasteiger partial charge on any atom is 0.269 e. The third-order valence-corrected chi connectivity index (χ3v) is 5.79. The number of hydrogen-bond acceptors (Lipinski definition) is 6. The lowest BCUT2D eigenvalue weighted by Gasteiger charge is -2.16. The van der Waals surface area contributed by atoms with E-state index < -0.39 is 10.8 Å². The predicted molar refractivity (Wildman–Crippen MR) is 135 cm³/mol. The van der Waals surface area contributed by atoms with Crippen molar-refractivity contribution in [2.45, 2.75) is 6.61 Å². The molecule has 178 valence electrons. The van der Waals surface area contributed by atoms with Gasteiger partial charge in [0.2, 0.25) is 0 Å². The van der Waals surface area contributed by atoms with Gasteiger partial charge in [-0.15, -0.1) is 0 Å². The Morgan fingerprint density at radius 3 is 2.44 bits per heavy atom. The molecule has 0 aliphatic carbocycles. The summed E-state index contributed by atoms with van der Waals surface area (Å²) >= 11 is 0. The first-order valence-corrected chi connectivity index (χ1v) is 11.1. The quantitative estimate of drug-likeness (QED) is 0.228. The summed E-state index contributed by atoms with van der Waals surface area (Å²) in [6.07, 6.45) is 1.50. The second-order valence-electron chi connectivity index (χ2n) is 8.15. The van der Waals surface area contributed by atoms with Crippen LogP contribution in [0.1, 0.15) is 21.5 Å². The van der Waals surface area contributed by atoms with E-state index in [1.54, 1.807) is 42.5 Å². The fourth-order valence-corrected chi connectivity index (χ4v) is 4.02. The standard InChI is InChI=1S/C27H20N4O5/c32-25(16-30-24-6-2-4-20-3-1-5-23(26(20)24)27(30)33)29-28-15-18-9-13-22(14-10-18)36-17-19-7-11-21(12-8-19)31(34)35/h1-15H,16-17H2,(H,29,32)/b28-15-. The largest absolute Gasteiger partial charge is 0.489 e. The van der Waals surface area contributed by atoms with Gasteiger partial charge in [0.1, 0.15) is 18.9 Å². The smallest absolute Gasteiger partial charge is 0.269 e. The first-order valence-electron chi connectivity index (χ1n) is 11.1. The predicted octanol–water partition coefficient (Wildman–Crippen LogP) is 4.44. The van der Waals surface area contributed by atoms with Gasteiger partial charge in [-0.2, -0.15) is 5.10 Å². The summed E-state index contributed by atoms with van der Waals surface area (Å²) < 4.78 is 5.70. The molecule has 0 aromatic heterocycles. The Bertz CT molecular complexity index is 1490. The second kappa shape index (κ2) is 9.67. The molecule has 0 fully saturated rings. The van der Waals surface area contributed by atoms with Gasteiger partial charge >= 0.3 is 0 Å². The average Bonchev–Trinajstić information content (AvgIpc) is 3.16. The van der Waals surface area contributed by atoms with Crippen molar-refractivity contribution in [3.8, 4) is 5.75 Å². The topological polar surface area (TPSA) is 114 Å². The van der Waals surface area contributed by atoms with E-state index in [9.17, 15) is 19.7 Å². The van der Waals surface area contributed by atoms with Crippen LogP contribution in [-0.2, 0) is 11.4 Å². The number of rotatable bonds is 8.